The lowest BCUT2D eigenvalue weighted by Gasteiger charge is -2.32. The first-order valence-corrected chi connectivity index (χ1v) is 7.97. The number of hydrogen-bond acceptors (Lipinski definition) is 2. The first kappa shape index (κ1) is 12.4. The Morgan fingerprint density at radius 2 is 2.10 bits per heavy atom. The van der Waals surface area contributed by atoms with Crippen LogP contribution in [0.2, 0.25) is 0 Å². The first-order chi connectivity index (χ1) is 9.84. The predicted octanol–water partition coefficient (Wildman–Crippen LogP) is 2.35. The third-order valence-electron chi connectivity index (χ3n) is 5.39. The highest BCUT2D eigenvalue weighted by atomic mass is 16.2. The maximum atomic E-state index is 13.0. The van der Waals surface area contributed by atoms with Crippen LogP contribution in [0.1, 0.15) is 31.2 Å². The van der Waals surface area contributed by atoms with E-state index in [-0.39, 0.29) is 6.04 Å². The molecule has 2 aliphatic heterocycles. The third-order valence-corrected chi connectivity index (χ3v) is 5.39. The molecule has 1 saturated heterocycles. The van der Waals surface area contributed by atoms with Crippen LogP contribution in [0.4, 0.5) is 5.69 Å². The lowest BCUT2D eigenvalue weighted by Crippen LogP contribution is -2.48. The van der Waals surface area contributed by atoms with Gasteiger partial charge in [-0.3, -0.25) is 4.79 Å². The summed E-state index contributed by atoms with van der Waals surface area (Å²) in [6, 6.07) is 8.45. The van der Waals surface area contributed by atoms with E-state index in [1.54, 1.807) is 0 Å². The van der Waals surface area contributed by atoms with Crippen LogP contribution < -0.4 is 10.2 Å². The summed E-state index contributed by atoms with van der Waals surface area (Å²) in [4.78, 5) is 15.0. The van der Waals surface area contributed by atoms with Gasteiger partial charge < -0.3 is 10.2 Å². The summed E-state index contributed by atoms with van der Waals surface area (Å²) >= 11 is 0. The number of para-hydroxylation sites is 1. The second-order valence-corrected chi connectivity index (χ2v) is 6.46. The number of rotatable bonds is 1. The van der Waals surface area contributed by atoms with Crippen molar-refractivity contribution in [2.45, 2.75) is 38.1 Å². The Kier molecular flexibility index (Phi) is 3.03. The lowest BCUT2D eigenvalue weighted by atomic mass is 9.92. The largest absolute Gasteiger partial charge is 0.311 e. The molecule has 2 heterocycles. The molecule has 0 radical (unpaired) electrons. The summed E-state index contributed by atoms with van der Waals surface area (Å²) in [6.07, 6.45) is 6.02. The number of benzene rings is 1. The topological polar surface area (TPSA) is 32.3 Å². The fourth-order valence-corrected chi connectivity index (χ4v) is 4.39. The second-order valence-electron chi connectivity index (χ2n) is 6.46. The summed E-state index contributed by atoms with van der Waals surface area (Å²) in [5.74, 6) is 1.63. The van der Waals surface area contributed by atoms with Crippen molar-refractivity contribution in [1.82, 2.24) is 5.32 Å². The van der Waals surface area contributed by atoms with Crippen molar-refractivity contribution in [2.24, 2.45) is 11.8 Å². The Morgan fingerprint density at radius 1 is 1.20 bits per heavy atom. The zero-order valence-corrected chi connectivity index (χ0v) is 11.8. The summed E-state index contributed by atoms with van der Waals surface area (Å²) in [5.41, 5.74) is 2.47. The van der Waals surface area contributed by atoms with Gasteiger partial charge in [-0.1, -0.05) is 24.6 Å². The van der Waals surface area contributed by atoms with Gasteiger partial charge in [0.05, 0.1) is 6.04 Å². The summed E-state index contributed by atoms with van der Waals surface area (Å²) < 4.78 is 0. The number of nitrogens with zero attached hydrogens (tertiary/aromatic N) is 1. The Hall–Kier alpha value is -1.35. The summed E-state index contributed by atoms with van der Waals surface area (Å²) in [5, 5.41) is 3.50. The van der Waals surface area contributed by atoms with Crippen LogP contribution in [0, 0.1) is 11.8 Å². The quantitative estimate of drug-likeness (QED) is 0.849. The molecule has 1 amide bonds. The normalized spacial score (nSPS) is 32.0. The minimum absolute atomic E-state index is 0.0636. The van der Waals surface area contributed by atoms with Crippen molar-refractivity contribution < 1.29 is 4.79 Å². The molecular weight excluding hydrogens is 248 g/mol. The van der Waals surface area contributed by atoms with Gasteiger partial charge >= 0.3 is 0 Å². The molecule has 1 aromatic rings. The summed E-state index contributed by atoms with van der Waals surface area (Å²) in [6.45, 7) is 1.92. The number of anilines is 1. The van der Waals surface area contributed by atoms with E-state index >= 15 is 0 Å². The highest BCUT2D eigenvalue weighted by molar-refractivity contribution is 5.98. The van der Waals surface area contributed by atoms with Crippen LogP contribution in [0.15, 0.2) is 24.3 Å². The van der Waals surface area contributed by atoms with Crippen LogP contribution >= 0.6 is 0 Å². The minimum Gasteiger partial charge on any atom is -0.311 e. The molecule has 3 unspecified atom stereocenters. The second kappa shape index (κ2) is 4.88. The van der Waals surface area contributed by atoms with Gasteiger partial charge in [0.2, 0.25) is 5.91 Å². The molecule has 0 bridgehead atoms. The molecule has 1 saturated carbocycles. The highest BCUT2D eigenvalue weighted by Crippen LogP contribution is 2.39. The molecule has 1 aromatic carbocycles. The van der Waals surface area contributed by atoms with Gasteiger partial charge in [-0.15, -0.1) is 0 Å². The molecule has 20 heavy (non-hydrogen) atoms. The fourth-order valence-electron chi connectivity index (χ4n) is 4.39. The van der Waals surface area contributed by atoms with E-state index in [0.717, 1.165) is 37.5 Å². The van der Waals surface area contributed by atoms with Crippen molar-refractivity contribution in [3.63, 3.8) is 0 Å². The number of fused-ring (bicyclic) bond motifs is 2. The predicted molar refractivity (Wildman–Crippen MR) is 79.7 cm³/mol. The van der Waals surface area contributed by atoms with E-state index in [1.807, 2.05) is 11.0 Å². The molecule has 3 nitrogen and oxygen atoms in total. The highest BCUT2D eigenvalue weighted by Gasteiger charge is 2.44. The van der Waals surface area contributed by atoms with Gasteiger partial charge in [-0.25, -0.2) is 0 Å². The van der Waals surface area contributed by atoms with Crippen LogP contribution in [0.25, 0.3) is 0 Å². The molecule has 4 rings (SSSR count). The van der Waals surface area contributed by atoms with Crippen molar-refractivity contribution in [1.29, 1.82) is 0 Å². The molecule has 3 atom stereocenters. The van der Waals surface area contributed by atoms with Crippen LogP contribution in [-0.4, -0.2) is 25.0 Å². The molecule has 0 spiro atoms. The number of carbonyl (C=O) groups excluding carboxylic acids is 1. The van der Waals surface area contributed by atoms with Gasteiger partial charge in [0.25, 0.3) is 0 Å². The van der Waals surface area contributed by atoms with Gasteiger partial charge in [0, 0.05) is 12.2 Å². The standard InChI is InChI=1S/C17H22N2O/c20-17(16-14-8-3-6-13(14)11-18-16)19-10-4-7-12-5-1-2-9-15(12)19/h1-2,5,9,13-14,16,18H,3-4,6-8,10-11H2. The molecule has 106 valence electrons. The zero-order chi connectivity index (χ0) is 13.5. The molecule has 3 heteroatoms. The van der Waals surface area contributed by atoms with Crippen LogP contribution in [0.3, 0.4) is 0 Å². The average Bonchev–Trinajstić information content (AvgIpc) is 3.09. The number of hydrogen-bond donors (Lipinski definition) is 1. The Bertz CT molecular complexity index is 527. The smallest absolute Gasteiger partial charge is 0.244 e. The molecule has 1 N–H and O–H groups in total. The van der Waals surface area contributed by atoms with Crippen molar-refractivity contribution >= 4 is 11.6 Å². The Labute approximate surface area is 120 Å². The number of aryl methyl sites for hydroxylation is 1. The Balaban J connectivity index is 1.60. The van der Waals surface area contributed by atoms with Crippen molar-refractivity contribution in [3.05, 3.63) is 29.8 Å². The molecule has 1 aliphatic carbocycles. The first-order valence-electron chi connectivity index (χ1n) is 7.97. The van der Waals surface area contributed by atoms with Gasteiger partial charge in [-0.05, 0) is 55.7 Å². The van der Waals surface area contributed by atoms with Crippen molar-refractivity contribution in [3.8, 4) is 0 Å². The van der Waals surface area contributed by atoms with E-state index in [0.29, 0.717) is 11.8 Å². The van der Waals surface area contributed by atoms with Gasteiger partial charge in [0.15, 0.2) is 0 Å². The zero-order valence-electron chi connectivity index (χ0n) is 11.8. The third kappa shape index (κ3) is 1.87. The number of carbonyl (C=O) groups is 1. The molecular formula is C17H22N2O. The number of amides is 1. The fraction of sp³-hybridized carbons (Fsp3) is 0.588. The van der Waals surface area contributed by atoms with Gasteiger partial charge in [-0.2, -0.15) is 0 Å². The average molecular weight is 270 g/mol. The van der Waals surface area contributed by atoms with Crippen LogP contribution in [-0.2, 0) is 11.2 Å². The molecule has 2 fully saturated rings. The van der Waals surface area contributed by atoms with E-state index in [1.165, 1.54) is 24.8 Å². The van der Waals surface area contributed by atoms with Gasteiger partial charge in [0.1, 0.15) is 0 Å². The van der Waals surface area contributed by atoms with E-state index in [4.69, 9.17) is 0 Å². The Morgan fingerprint density at radius 3 is 3.05 bits per heavy atom. The van der Waals surface area contributed by atoms with Crippen LogP contribution in [0.5, 0.6) is 0 Å². The van der Waals surface area contributed by atoms with E-state index < -0.39 is 0 Å². The summed E-state index contributed by atoms with van der Waals surface area (Å²) in [7, 11) is 0. The SMILES string of the molecule is O=C(C1NCC2CCCC21)N1CCCc2ccccc21. The minimum atomic E-state index is 0.0636. The molecule has 0 aromatic heterocycles. The molecule has 3 aliphatic rings. The maximum Gasteiger partial charge on any atom is 0.244 e. The number of nitrogens with one attached hydrogen (secondary N) is 1. The lowest BCUT2D eigenvalue weighted by molar-refractivity contribution is -0.121. The van der Waals surface area contributed by atoms with Crippen molar-refractivity contribution in [2.75, 3.05) is 18.0 Å². The van der Waals surface area contributed by atoms with E-state index in [9.17, 15) is 4.79 Å². The maximum absolute atomic E-state index is 13.0. The monoisotopic (exact) mass is 270 g/mol. The van der Waals surface area contributed by atoms with E-state index in [2.05, 4.69) is 23.5 Å².